The van der Waals surface area contributed by atoms with E-state index in [1.807, 2.05) is 18.5 Å². The Kier molecular flexibility index (Phi) is 4.03. The van der Waals surface area contributed by atoms with Gasteiger partial charge in [-0.05, 0) is 32.0 Å². The van der Waals surface area contributed by atoms with Crippen molar-refractivity contribution >= 4 is 0 Å². The second-order valence-corrected chi connectivity index (χ2v) is 5.79. The summed E-state index contributed by atoms with van der Waals surface area (Å²) in [5.74, 6) is 0. The molecule has 2 rings (SSSR count). The molecule has 0 radical (unpaired) electrons. The van der Waals surface area contributed by atoms with Crippen LogP contribution in [0, 0.1) is 5.41 Å². The van der Waals surface area contributed by atoms with E-state index in [2.05, 4.69) is 43.8 Å². The average Bonchev–Trinajstić information content (AvgIpc) is 2.35. The van der Waals surface area contributed by atoms with Crippen LogP contribution < -0.4 is 0 Å². The molecular weight excluding hydrogens is 224 g/mol. The summed E-state index contributed by atoms with van der Waals surface area (Å²) in [5.41, 5.74) is 1.52. The van der Waals surface area contributed by atoms with Gasteiger partial charge in [-0.3, -0.25) is 9.88 Å². The lowest BCUT2D eigenvalue weighted by Gasteiger charge is -2.55. The molecule has 1 heterocycles. The minimum absolute atomic E-state index is 0.243. The number of pyridine rings is 1. The highest BCUT2D eigenvalue weighted by molar-refractivity contribution is 5.10. The zero-order chi connectivity index (χ0) is 13.2. The monoisotopic (exact) mass is 248 g/mol. The molecule has 3 heteroatoms. The summed E-state index contributed by atoms with van der Waals surface area (Å²) in [6.07, 6.45) is 5.31. The molecule has 0 spiro atoms. The van der Waals surface area contributed by atoms with Gasteiger partial charge in [0.1, 0.15) is 0 Å². The normalized spacial score (nSPS) is 26.1. The van der Waals surface area contributed by atoms with E-state index < -0.39 is 0 Å². The fraction of sp³-hybridized carbons (Fsp3) is 0.667. The van der Waals surface area contributed by atoms with Gasteiger partial charge in [-0.15, -0.1) is 0 Å². The third kappa shape index (κ3) is 2.57. The van der Waals surface area contributed by atoms with Crippen LogP contribution in [0.2, 0.25) is 0 Å². The predicted molar refractivity (Wildman–Crippen MR) is 73.3 cm³/mol. The van der Waals surface area contributed by atoms with Crippen molar-refractivity contribution < 1.29 is 4.74 Å². The summed E-state index contributed by atoms with van der Waals surface area (Å²) in [4.78, 5) is 6.59. The van der Waals surface area contributed by atoms with Crippen molar-refractivity contribution in [3.05, 3.63) is 30.1 Å². The molecule has 1 aliphatic carbocycles. The van der Waals surface area contributed by atoms with E-state index in [4.69, 9.17) is 4.74 Å². The molecule has 3 nitrogen and oxygen atoms in total. The number of rotatable bonds is 5. The lowest BCUT2D eigenvalue weighted by molar-refractivity contribution is -0.146. The van der Waals surface area contributed by atoms with Crippen LogP contribution in [0.1, 0.15) is 32.8 Å². The quantitative estimate of drug-likeness (QED) is 0.801. The highest BCUT2D eigenvalue weighted by Crippen LogP contribution is 2.45. The molecule has 0 saturated heterocycles. The first-order chi connectivity index (χ1) is 8.55. The Bertz CT molecular complexity index is 377. The van der Waals surface area contributed by atoms with Crippen molar-refractivity contribution in [3.8, 4) is 0 Å². The van der Waals surface area contributed by atoms with E-state index >= 15 is 0 Å². The first-order valence-corrected chi connectivity index (χ1v) is 6.76. The molecule has 0 amide bonds. The molecule has 1 aromatic heterocycles. The van der Waals surface area contributed by atoms with Gasteiger partial charge in [0.05, 0.1) is 6.10 Å². The topological polar surface area (TPSA) is 25.4 Å². The van der Waals surface area contributed by atoms with Gasteiger partial charge in [-0.25, -0.2) is 0 Å². The second-order valence-electron chi connectivity index (χ2n) is 5.79. The summed E-state index contributed by atoms with van der Waals surface area (Å²) >= 11 is 0. The first kappa shape index (κ1) is 13.5. The smallest absolute Gasteiger partial charge is 0.0655 e. The zero-order valence-electron chi connectivity index (χ0n) is 11.9. The maximum Gasteiger partial charge on any atom is 0.0655 e. The Morgan fingerprint density at radius 1 is 1.50 bits per heavy atom. The lowest BCUT2D eigenvalue weighted by atomic mass is 9.64. The molecule has 1 fully saturated rings. The van der Waals surface area contributed by atoms with E-state index in [9.17, 15) is 0 Å². The summed E-state index contributed by atoms with van der Waals surface area (Å²) in [6, 6.07) is 4.72. The molecular formula is C15H24N2O. The molecule has 0 aromatic carbocycles. The molecule has 0 aliphatic heterocycles. The van der Waals surface area contributed by atoms with E-state index in [0.717, 1.165) is 19.6 Å². The fourth-order valence-corrected chi connectivity index (χ4v) is 2.99. The van der Waals surface area contributed by atoms with Crippen LogP contribution in [-0.4, -0.2) is 35.7 Å². The predicted octanol–water partition coefficient (Wildman–Crippen LogP) is 2.72. The molecule has 1 aliphatic rings. The number of hydrogen-bond acceptors (Lipinski definition) is 3. The molecule has 2 atom stereocenters. The van der Waals surface area contributed by atoms with Crippen LogP contribution in [0.3, 0.4) is 0 Å². The number of ether oxygens (including phenoxy) is 1. The van der Waals surface area contributed by atoms with Crippen molar-refractivity contribution in [3.63, 3.8) is 0 Å². The van der Waals surface area contributed by atoms with Crippen LogP contribution in [-0.2, 0) is 11.3 Å². The summed E-state index contributed by atoms with van der Waals surface area (Å²) in [6.45, 7) is 8.46. The van der Waals surface area contributed by atoms with Gasteiger partial charge in [0.2, 0.25) is 0 Å². The number of aromatic nitrogens is 1. The van der Waals surface area contributed by atoms with Gasteiger partial charge in [0.25, 0.3) is 0 Å². The van der Waals surface area contributed by atoms with E-state index in [-0.39, 0.29) is 5.41 Å². The third-order valence-electron chi connectivity index (χ3n) is 4.18. The zero-order valence-corrected chi connectivity index (χ0v) is 11.9. The molecule has 0 unspecified atom stereocenters. The van der Waals surface area contributed by atoms with Crippen LogP contribution >= 0.6 is 0 Å². The standard InChI is InChI=1S/C15H24N2O/c1-5-18-14-9-13(15(14,2)3)17(4)11-12-7-6-8-16-10-12/h6-8,10,13-14H,5,9,11H2,1-4H3/t13-,14-/m1/s1. The van der Waals surface area contributed by atoms with E-state index in [1.165, 1.54) is 5.56 Å². The average molecular weight is 248 g/mol. The number of hydrogen-bond donors (Lipinski definition) is 0. The summed E-state index contributed by atoms with van der Waals surface area (Å²) < 4.78 is 5.78. The lowest BCUT2D eigenvalue weighted by Crippen LogP contribution is -2.60. The minimum atomic E-state index is 0.243. The molecule has 1 aromatic rings. The van der Waals surface area contributed by atoms with Gasteiger partial charge < -0.3 is 4.74 Å². The van der Waals surface area contributed by atoms with Crippen molar-refractivity contribution in [2.24, 2.45) is 5.41 Å². The molecule has 0 N–H and O–H groups in total. The van der Waals surface area contributed by atoms with Crippen LogP contribution in [0.4, 0.5) is 0 Å². The Morgan fingerprint density at radius 3 is 2.83 bits per heavy atom. The second kappa shape index (κ2) is 5.37. The van der Waals surface area contributed by atoms with Crippen LogP contribution in [0.15, 0.2) is 24.5 Å². The summed E-state index contributed by atoms with van der Waals surface area (Å²) in [7, 11) is 2.20. The van der Waals surface area contributed by atoms with Crippen molar-refractivity contribution in [2.75, 3.05) is 13.7 Å². The van der Waals surface area contributed by atoms with Crippen molar-refractivity contribution in [1.29, 1.82) is 0 Å². The van der Waals surface area contributed by atoms with Crippen LogP contribution in [0.25, 0.3) is 0 Å². The van der Waals surface area contributed by atoms with Gasteiger partial charge >= 0.3 is 0 Å². The third-order valence-corrected chi connectivity index (χ3v) is 4.18. The highest BCUT2D eigenvalue weighted by Gasteiger charge is 2.50. The molecule has 1 saturated carbocycles. The molecule has 18 heavy (non-hydrogen) atoms. The Labute approximate surface area is 110 Å². The Morgan fingerprint density at radius 2 is 2.28 bits per heavy atom. The van der Waals surface area contributed by atoms with Crippen LogP contribution in [0.5, 0.6) is 0 Å². The van der Waals surface area contributed by atoms with E-state index in [0.29, 0.717) is 12.1 Å². The first-order valence-electron chi connectivity index (χ1n) is 6.76. The SMILES string of the molecule is CCO[C@@H]1C[C@@H](N(C)Cc2cccnc2)C1(C)C. The minimum Gasteiger partial charge on any atom is -0.378 e. The highest BCUT2D eigenvalue weighted by atomic mass is 16.5. The Hall–Kier alpha value is -0.930. The maximum absolute atomic E-state index is 5.78. The van der Waals surface area contributed by atoms with Gasteiger partial charge in [-0.1, -0.05) is 19.9 Å². The molecule has 100 valence electrons. The van der Waals surface area contributed by atoms with Gasteiger partial charge in [0.15, 0.2) is 0 Å². The fourth-order valence-electron chi connectivity index (χ4n) is 2.99. The van der Waals surface area contributed by atoms with Crippen molar-refractivity contribution in [2.45, 2.75) is 45.9 Å². The van der Waals surface area contributed by atoms with E-state index in [1.54, 1.807) is 0 Å². The summed E-state index contributed by atoms with van der Waals surface area (Å²) in [5, 5.41) is 0. The largest absolute Gasteiger partial charge is 0.378 e. The number of nitrogens with zero attached hydrogens (tertiary/aromatic N) is 2. The maximum atomic E-state index is 5.78. The van der Waals surface area contributed by atoms with Gasteiger partial charge in [-0.2, -0.15) is 0 Å². The van der Waals surface area contributed by atoms with Gasteiger partial charge in [0, 0.05) is 37.0 Å². The Balaban J connectivity index is 1.93. The van der Waals surface area contributed by atoms with Crippen molar-refractivity contribution in [1.82, 2.24) is 9.88 Å². The molecule has 0 bridgehead atoms.